The number of esters is 1. The van der Waals surface area contributed by atoms with Gasteiger partial charge in [0.1, 0.15) is 18.5 Å². The first-order valence-corrected chi connectivity index (χ1v) is 17.7. The van der Waals surface area contributed by atoms with Gasteiger partial charge in [-0.15, -0.1) is 0 Å². The second kappa shape index (κ2) is 17.6. The molecule has 0 radical (unpaired) electrons. The van der Waals surface area contributed by atoms with E-state index in [0.29, 0.717) is 32.8 Å². The molecule has 2 atom stereocenters. The molecule has 5 aromatic carbocycles. The number of benzene rings is 5. The lowest BCUT2D eigenvalue weighted by molar-refractivity contribution is -0.156. The summed E-state index contributed by atoms with van der Waals surface area (Å²) in [4.78, 5) is 12.3. The maximum atomic E-state index is 12.3. The molecule has 2 unspecified atom stereocenters. The van der Waals surface area contributed by atoms with Crippen molar-refractivity contribution >= 4 is 18.1 Å². The van der Waals surface area contributed by atoms with Gasteiger partial charge in [0.05, 0.1) is 13.2 Å². The van der Waals surface area contributed by atoms with Gasteiger partial charge in [-0.2, -0.15) is 0 Å². The molecule has 5 heteroatoms. The van der Waals surface area contributed by atoms with E-state index in [1.165, 1.54) is 33.4 Å². The minimum Gasteiger partial charge on any atom is -0.491 e. The fourth-order valence-corrected chi connectivity index (χ4v) is 6.48. The van der Waals surface area contributed by atoms with Crippen LogP contribution in [0.4, 0.5) is 0 Å². The van der Waals surface area contributed by atoms with Crippen LogP contribution in [0.15, 0.2) is 121 Å². The minimum absolute atomic E-state index is 0.228. The zero-order valence-corrected chi connectivity index (χ0v) is 29.1. The van der Waals surface area contributed by atoms with Gasteiger partial charge in [-0.05, 0) is 95.3 Å². The molecule has 0 aliphatic heterocycles. The Kier molecular flexibility index (Phi) is 12.3. The summed E-state index contributed by atoms with van der Waals surface area (Å²) in [6.45, 7) is 5.27. The normalized spacial score (nSPS) is 13.9. The van der Waals surface area contributed by atoms with E-state index >= 15 is 0 Å². The molecule has 0 bridgehead atoms. The molecule has 0 fully saturated rings. The molecule has 0 spiro atoms. The lowest BCUT2D eigenvalue weighted by Crippen LogP contribution is -2.28. The number of carbonyl (C=O) groups is 1. The van der Waals surface area contributed by atoms with Crippen LogP contribution in [0.1, 0.15) is 70.0 Å². The molecule has 0 amide bonds. The van der Waals surface area contributed by atoms with E-state index in [4.69, 9.17) is 18.9 Å². The molecule has 5 nitrogen and oxygen atoms in total. The van der Waals surface area contributed by atoms with E-state index in [-0.39, 0.29) is 12.1 Å². The zero-order chi connectivity index (χ0) is 34.5. The molecule has 50 heavy (non-hydrogen) atoms. The van der Waals surface area contributed by atoms with Gasteiger partial charge in [-0.1, -0.05) is 121 Å². The van der Waals surface area contributed by atoms with Crippen molar-refractivity contribution in [1.82, 2.24) is 0 Å². The largest absolute Gasteiger partial charge is 0.491 e. The number of hydrogen-bond donors (Lipinski definition) is 0. The maximum Gasteiger partial charge on any atom is 0.335 e. The minimum atomic E-state index is -0.616. The predicted molar refractivity (Wildman–Crippen MR) is 200 cm³/mol. The van der Waals surface area contributed by atoms with Crippen molar-refractivity contribution in [3.63, 3.8) is 0 Å². The number of aryl methyl sites for hydroxylation is 2. The molecule has 6 rings (SSSR count). The SMILES string of the molecule is CCOC(=O)C(Cc1ccc(OCCOC2c3ccc(CCc4ccccc4)cc3C=Cc3cc(Cc4ccccc4)ccc32)cc1)OCC. The third-order valence-corrected chi connectivity index (χ3v) is 9.00. The van der Waals surface area contributed by atoms with E-state index in [9.17, 15) is 4.79 Å². The van der Waals surface area contributed by atoms with Gasteiger partial charge >= 0.3 is 5.97 Å². The smallest absolute Gasteiger partial charge is 0.335 e. The summed E-state index contributed by atoms with van der Waals surface area (Å²) in [6, 6.07) is 42.6. The summed E-state index contributed by atoms with van der Waals surface area (Å²) in [5.41, 5.74) is 10.9. The monoisotopic (exact) mass is 666 g/mol. The third-order valence-electron chi connectivity index (χ3n) is 9.00. The Balaban J connectivity index is 1.15. The number of ether oxygens (including phenoxy) is 4. The van der Waals surface area contributed by atoms with Crippen LogP contribution in [0.5, 0.6) is 5.75 Å². The van der Waals surface area contributed by atoms with E-state index < -0.39 is 6.10 Å². The highest BCUT2D eigenvalue weighted by Crippen LogP contribution is 2.37. The molecule has 0 N–H and O–H groups in total. The van der Waals surface area contributed by atoms with Crippen LogP contribution >= 0.6 is 0 Å². The van der Waals surface area contributed by atoms with Gasteiger partial charge < -0.3 is 18.9 Å². The Bertz CT molecular complexity index is 1850. The molecule has 5 aromatic rings. The van der Waals surface area contributed by atoms with Crippen molar-refractivity contribution in [2.45, 2.75) is 51.7 Å². The van der Waals surface area contributed by atoms with Crippen molar-refractivity contribution in [1.29, 1.82) is 0 Å². The lowest BCUT2D eigenvalue weighted by atomic mass is 9.92. The van der Waals surface area contributed by atoms with Gasteiger partial charge in [0.15, 0.2) is 6.10 Å². The Morgan fingerprint density at radius 2 is 1.22 bits per heavy atom. The molecule has 0 saturated heterocycles. The van der Waals surface area contributed by atoms with Gasteiger partial charge in [-0.25, -0.2) is 4.79 Å². The summed E-state index contributed by atoms with van der Waals surface area (Å²) in [6.07, 6.45) is 6.95. The lowest BCUT2D eigenvalue weighted by Gasteiger charge is -2.22. The van der Waals surface area contributed by atoms with Crippen LogP contribution in [-0.4, -0.2) is 38.5 Å². The van der Waals surface area contributed by atoms with E-state index in [0.717, 1.165) is 41.7 Å². The Morgan fingerprint density at radius 3 is 1.88 bits per heavy atom. The Morgan fingerprint density at radius 1 is 0.620 bits per heavy atom. The van der Waals surface area contributed by atoms with Crippen LogP contribution in [0.3, 0.4) is 0 Å². The molecular weight excluding hydrogens is 620 g/mol. The first kappa shape index (κ1) is 34.9. The maximum absolute atomic E-state index is 12.3. The predicted octanol–water partition coefficient (Wildman–Crippen LogP) is 9.24. The van der Waals surface area contributed by atoms with Crippen LogP contribution < -0.4 is 4.74 Å². The summed E-state index contributed by atoms with van der Waals surface area (Å²) < 4.78 is 23.6. The summed E-state index contributed by atoms with van der Waals surface area (Å²) >= 11 is 0. The molecule has 0 saturated carbocycles. The first-order chi connectivity index (χ1) is 24.6. The second-order valence-electron chi connectivity index (χ2n) is 12.6. The highest BCUT2D eigenvalue weighted by Gasteiger charge is 2.24. The zero-order valence-electron chi connectivity index (χ0n) is 29.1. The number of carbonyl (C=O) groups excluding carboxylic acids is 1. The molecule has 1 aliphatic carbocycles. The Labute approximate surface area is 296 Å². The fraction of sp³-hybridized carbons (Fsp3) is 0.267. The summed E-state index contributed by atoms with van der Waals surface area (Å²) in [5.74, 6) is 0.415. The summed E-state index contributed by atoms with van der Waals surface area (Å²) in [7, 11) is 0. The number of rotatable bonds is 16. The van der Waals surface area contributed by atoms with Crippen molar-refractivity contribution in [3.05, 3.63) is 171 Å². The van der Waals surface area contributed by atoms with Gasteiger partial charge in [0, 0.05) is 13.0 Å². The Hall–Kier alpha value is -4.97. The molecule has 1 aliphatic rings. The van der Waals surface area contributed by atoms with Crippen LogP contribution in [0, 0.1) is 0 Å². The topological polar surface area (TPSA) is 54.0 Å². The highest BCUT2D eigenvalue weighted by molar-refractivity contribution is 5.77. The van der Waals surface area contributed by atoms with Gasteiger partial charge in [-0.3, -0.25) is 0 Å². The molecule has 0 heterocycles. The van der Waals surface area contributed by atoms with Crippen molar-refractivity contribution in [2.75, 3.05) is 26.4 Å². The fourth-order valence-electron chi connectivity index (χ4n) is 6.48. The van der Waals surface area contributed by atoms with Gasteiger partial charge in [0.25, 0.3) is 0 Å². The van der Waals surface area contributed by atoms with Crippen molar-refractivity contribution < 1.29 is 23.7 Å². The van der Waals surface area contributed by atoms with Crippen molar-refractivity contribution in [2.24, 2.45) is 0 Å². The molecule has 256 valence electrons. The van der Waals surface area contributed by atoms with Crippen LogP contribution in [-0.2, 0) is 44.7 Å². The van der Waals surface area contributed by atoms with E-state index in [1.807, 2.05) is 31.2 Å². The van der Waals surface area contributed by atoms with E-state index in [2.05, 4.69) is 109 Å². The third kappa shape index (κ3) is 9.38. The summed E-state index contributed by atoms with van der Waals surface area (Å²) in [5, 5.41) is 0. The number of fused-ring (bicyclic) bond motifs is 2. The van der Waals surface area contributed by atoms with Gasteiger partial charge in [0.2, 0.25) is 0 Å². The van der Waals surface area contributed by atoms with E-state index in [1.54, 1.807) is 6.92 Å². The average molecular weight is 667 g/mol. The second-order valence-corrected chi connectivity index (χ2v) is 12.6. The average Bonchev–Trinajstić information content (AvgIpc) is 3.30. The standard InChI is InChI=1S/C45H46O5/c1-3-47-43(45(46)48-4-2)32-36-17-23-40(24-18-36)49-27-28-50-44-41-25-19-35(16-15-33-11-7-5-8-12-33)30-38(41)21-22-39-31-37(20-26-42(39)44)29-34-13-9-6-10-14-34/h5-14,17-26,30-31,43-44H,3-4,15-16,27-29,32H2,1-2H3. The molecular formula is C45H46O5. The quantitative estimate of drug-likeness (QED) is 0.0777. The number of hydrogen-bond acceptors (Lipinski definition) is 5. The van der Waals surface area contributed by atoms with Crippen LogP contribution in [0.25, 0.3) is 12.2 Å². The molecule has 0 aromatic heterocycles. The van der Waals surface area contributed by atoms with Crippen LogP contribution in [0.2, 0.25) is 0 Å². The highest BCUT2D eigenvalue weighted by atomic mass is 16.6. The first-order valence-electron chi connectivity index (χ1n) is 17.7. The van der Waals surface area contributed by atoms with Crippen molar-refractivity contribution in [3.8, 4) is 5.75 Å².